The maximum absolute atomic E-state index is 14.1. The van der Waals surface area contributed by atoms with Crippen molar-refractivity contribution in [2.75, 3.05) is 19.8 Å². The maximum Gasteiger partial charge on any atom is 0.246 e. The van der Waals surface area contributed by atoms with Crippen LogP contribution in [0.5, 0.6) is 0 Å². The fraction of sp³-hybridized carbons (Fsp3) is 0.280. The van der Waals surface area contributed by atoms with Crippen molar-refractivity contribution in [1.82, 2.24) is 4.31 Å². The second-order valence-electron chi connectivity index (χ2n) is 7.21. The number of allylic oxidation sites excluding steroid dienone is 7. The second kappa shape index (κ2) is 12.3. The highest BCUT2D eigenvalue weighted by Crippen LogP contribution is 2.27. The highest BCUT2D eigenvalue weighted by atomic mass is 32.2. The molecule has 7 heteroatoms. The van der Waals surface area contributed by atoms with Gasteiger partial charge in [-0.05, 0) is 49.1 Å². The summed E-state index contributed by atoms with van der Waals surface area (Å²) in [5.41, 5.74) is 2.50. The SMILES string of the molecule is C=C/C=C1/COCC(Cc2ccccc2)N(S(=O)(=O)C(=C\O)/C=C(F)\C=C/C)C/C1=C/C. The molecule has 0 amide bonds. The molecule has 0 radical (unpaired) electrons. The Morgan fingerprint density at radius 1 is 1.28 bits per heavy atom. The molecule has 1 aliphatic heterocycles. The molecule has 0 spiro atoms. The summed E-state index contributed by atoms with van der Waals surface area (Å²) in [6.45, 7) is 7.66. The van der Waals surface area contributed by atoms with Crippen molar-refractivity contribution in [3.05, 3.63) is 107 Å². The number of aliphatic hydroxyl groups is 1. The third-order valence-electron chi connectivity index (χ3n) is 5.04. The molecule has 0 saturated carbocycles. The van der Waals surface area contributed by atoms with Crippen LogP contribution in [0, 0.1) is 0 Å². The van der Waals surface area contributed by atoms with E-state index in [0.29, 0.717) is 19.3 Å². The van der Waals surface area contributed by atoms with Gasteiger partial charge in [0.2, 0.25) is 10.0 Å². The van der Waals surface area contributed by atoms with Crippen molar-refractivity contribution in [3.8, 4) is 0 Å². The minimum atomic E-state index is -4.26. The van der Waals surface area contributed by atoms with Gasteiger partial charge in [-0.2, -0.15) is 4.31 Å². The van der Waals surface area contributed by atoms with Gasteiger partial charge >= 0.3 is 0 Å². The molecule has 1 unspecified atom stereocenters. The van der Waals surface area contributed by atoms with Crippen molar-refractivity contribution in [3.63, 3.8) is 0 Å². The van der Waals surface area contributed by atoms with Gasteiger partial charge in [0.15, 0.2) is 0 Å². The molecule has 0 aliphatic carbocycles. The molecule has 0 aromatic heterocycles. The first-order chi connectivity index (χ1) is 15.4. The van der Waals surface area contributed by atoms with Crippen LogP contribution in [0.15, 0.2) is 102 Å². The van der Waals surface area contributed by atoms with Crippen LogP contribution in [0.2, 0.25) is 0 Å². The van der Waals surface area contributed by atoms with Crippen molar-refractivity contribution >= 4 is 10.0 Å². The quantitative estimate of drug-likeness (QED) is 0.453. The van der Waals surface area contributed by atoms with Crippen LogP contribution < -0.4 is 0 Å². The number of rotatable bonds is 7. The predicted octanol–water partition coefficient (Wildman–Crippen LogP) is 5.15. The normalized spacial score (nSPS) is 22.3. The molecule has 5 nitrogen and oxygen atoms in total. The number of nitrogens with zero attached hydrogens (tertiary/aromatic N) is 1. The molecule has 172 valence electrons. The molecule has 32 heavy (non-hydrogen) atoms. The summed E-state index contributed by atoms with van der Waals surface area (Å²) in [4.78, 5) is -0.531. The summed E-state index contributed by atoms with van der Waals surface area (Å²) in [5.74, 6) is -0.780. The van der Waals surface area contributed by atoms with Crippen molar-refractivity contribution < 1.29 is 22.7 Å². The largest absolute Gasteiger partial charge is 0.514 e. The molecule has 1 aromatic rings. The highest BCUT2D eigenvalue weighted by molar-refractivity contribution is 7.93. The fourth-order valence-electron chi connectivity index (χ4n) is 3.44. The first-order valence-electron chi connectivity index (χ1n) is 10.3. The number of hydrogen-bond donors (Lipinski definition) is 1. The zero-order valence-corrected chi connectivity index (χ0v) is 19.3. The van der Waals surface area contributed by atoms with E-state index in [1.807, 2.05) is 43.3 Å². The minimum absolute atomic E-state index is 0.0514. The van der Waals surface area contributed by atoms with E-state index in [1.54, 1.807) is 19.1 Å². The van der Waals surface area contributed by atoms with Gasteiger partial charge in [0.05, 0.1) is 25.5 Å². The van der Waals surface area contributed by atoms with Gasteiger partial charge in [-0.1, -0.05) is 61.2 Å². The number of hydrogen-bond acceptors (Lipinski definition) is 4. The van der Waals surface area contributed by atoms with Crippen LogP contribution in [0.1, 0.15) is 19.4 Å². The number of ether oxygens (including phenoxy) is 1. The Bertz CT molecular complexity index is 1040. The minimum Gasteiger partial charge on any atom is -0.514 e. The number of sulfonamides is 1. The van der Waals surface area contributed by atoms with Gasteiger partial charge in [0, 0.05) is 6.54 Å². The molecule has 1 aromatic carbocycles. The summed E-state index contributed by atoms with van der Waals surface area (Å²) < 4.78 is 48.4. The maximum atomic E-state index is 14.1. The highest BCUT2D eigenvalue weighted by Gasteiger charge is 2.35. The van der Waals surface area contributed by atoms with Crippen LogP contribution in [0.4, 0.5) is 4.39 Å². The van der Waals surface area contributed by atoms with E-state index in [9.17, 15) is 17.9 Å². The topological polar surface area (TPSA) is 66.8 Å². The molecule has 1 N–H and O–H groups in total. The zero-order valence-electron chi connectivity index (χ0n) is 18.4. The smallest absolute Gasteiger partial charge is 0.246 e. The van der Waals surface area contributed by atoms with Crippen molar-refractivity contribution in [1.29, 1.82) is 0 Å². The van der Waals surface area contributed by atoms with Gasteiger partial charge in [0.1, 0.15) is 10.7 Å². The monoisotopic (exact) mass is 459 g/mol. The Balaban J connectivity index is 2.56. The van der Waals surface area contributed by atoms with E-state index >= 15 is 0 Å². The van der Waals surface area contributed by atoms with Crippen LogP contribution in [0.3, 0.4) is 0 Å². The Labute approximate surface area is 190 Å². The molecule has 1 fully saturated rings. The lowest BCUT2D eigenvalue weighted by molar-refractivity contribution is 0.0992. The second-order valence-corrected chi connectivity index (χ2v) is 9.10. The average molecular weight is 460 g/mol. The van der Waals surface area contributed by atoms with E-state index in [1.165, 1.54) is 10.4 Å². The first-order valence-corrected chi connectivity index (χ1v) is 11.8. The summed E-state index contributed by atoms with van der Waals surface area (Å²) >= 11 is 0. The lowest BCUT2D eigenvalue weighted by Gasteiger charge is -2.34. The number of benzene rings is 1. The molecule has 1 saturated heterocycles. The van der Waals surface area contributed by atoms with E-state index in [4.69, 9.17) is 4.74 Å². The molecular weight excluding hydrogens is 429 g/mol. The van der Waals surface area contributed by atoms with Crippen LogP contribution in [0.25, 0.3) is 0 Å². The van der Waals surface area contributed by atoms with E-state index in [2.05, 4.69) is 6.58 Å². The lowest BCUT2D eigenvalue weighted by Crippen LogP contribution is -2.47. The van der Waals surface area contributed by atoms with Gasteiger partial charge in [0.25, 0.3) is 0 Å². The van der Waals surface area contributed by atoms with Gasteiger partial charge in [-0.15, -0.1) is 0 Å². The average Bonchev–Trinajstić information content (AvgIpc) is 2.76. The van der Waals surface area contributed by atoms with E-state index < -0.39 is 26.8 Å². The molecular formula is C25H30FNO4S. The third-order valence-corrected chi connectivity index (χ3v) is 6.90. The molecule has 1 aliphatic rings. The summed E-state index contributed by atoms with van der Waals surface area (Å²) in [5, 5.41) is 9.70. The molecule has 1 atom stereocenters. The van der Waals surface area contributed by atoms with Gasteiger partial charge in [-0.3, -0.25) is 0 Å². The number of aliphatic hydroxyl groups excluding tert-OH is 1. The van der Waals surface area contributed by atoms with Crippen LogP contribution in [-0.4, -0.2) is 43.6 Å². The summed E-state index contributed by atoms with van der Waals surface area (Å²) in [7, 11) is -4.26. The Morgan fingerprint density at radius 3 is 2.59 bits per heavy atom. The number of halogens is 1. The van der Waals surface area contributed by atoms with Crippen LogP contribution >= 0.6 is 0 Å². The van der Waals surface area contributed by atoms with Crippen molar-refractivity contribution in [2.24, 2.45) is 0 Å². The van der Waals surface area contributed by atoms with Gasteiger partial charge < -0.3 is 9.84 Å². The van der Waals surface area contributed by atoms with Crippen molar-refractivity contribution in [2.45, 2.75) is 26.3 Å². The standard InChI is InChI=1S/C25H30FNO4S/c1-4-10-22-18-31-19-24(14-20-12-8-7-9-13-20)27(16-21(22)6-3)32(29,30)25(17-28)15-23(26)11-5-2/h4-13,15,17,24,28H,1,14,16,18-19H2,2-3H3/b11-5-,21-6-,22-10-,23-15+,25-17-. The lowest BCUT2D eigenvalue weighted by atomic mass is 10.0. The summed E-state index contributed by atoms with van der Waals surface area (Å²) in [6.07, 6.45) is 9.43. The third kappa shape index (κ3) is 6.63. The first kappa shape index (κ1) is 25.5. The predicted molar refractivity (Wildman–Crippen MR) is 127 cm³/mol. The zero-order chi connectivity index (χ0) is 23.6. The van der Waals surface area contributed by atoms with E-state index in [-0.39, 0.29) is 13.2 Å². The Morgan fingerprint density at radius 2 is 2.00 bits per heavy atom. The van der Waals surface area contributed by atoms with Crippen LogP contribution in [-0.2, 0) is 21.2 Å². The molecule has 1 heterocycles. The van der Waals surface area contributed by atoms with E-state index in [0.717, 1.165) is 28.9 Å². The Kier molecular flexibility index (Phi) is 9.84. The fourth-order valence-corrected chi connectivity index (χ4v) is 4.94. The van der Waals surface area contributed by atoms with Gasteiger partial charge in [-0.25, -0.2) is 12.8 Å². The summed E-state index contributed by atoms with van der Waals surface area (Å²) in [6, 6.07) is 8.92. The molecule has 2 rings (SSSR count). The molecule has 0 bridgehead atoms. The Hall–Kier alpha value is -2.74.